The summed E-state index contributed by atoms with van der Waals surface area (Å²) in [6, 6.07) is 3.63. The molecule has 0 aromatic carbocycles. The molecule has 106 valence electrons. The third kappa shape index (κ3) is 1.99. The van der Waals surface area contributed by atoms with Crippen molar-refractivity contribution >= 4 is 12.1 Å². The molecular formula is C16H21N3O. The van der Waals surface area contributed by atoms with Gasteiger partial charge in [-0.25, -0.2) is 5.43 Å². The second kappa shape index (κ2) is 4.62. The molecule has 0 saturated heterocycles. The normalized spacial score (nSPS) is 27.1. The highest BCUT2D eigenvalue weighted by Gasteiger charge is 2.50. The summed E-state index contributed by atoms with van der Waals surface area (Å²) >= 11 is 0. The molecule has 0 aliphatic heterocycles. The fourth-order valence-corrected chi connectivity index (χ4v) is 3.46. The number of aromatic nitrogens is 1. The van der Waals surface area contributed by atoms with E-state index in [1.165, 1.54) is 12.0 Å². The molecule has 4 heteroatoms. The smallest absolute Gasteiger partial charge is 0.287 e. The lowest BCUT2D eigenvalue weighted by molar-refractivity contribution is -0.00126. The summed E-state index contributed by atoms with van der Waals surface area (Å²) in [5.41, 5.74) is 4.88. The Balaban J connectivity index is 1.63. The summed E-state index contributed by atoms with van der Waals surface area (Å²) in [5, 5.41) is 4.13. The van der Waals surface area contributed by atoms with E-state index in [2.05, 4.69) is 30.5 Å². The maximum atomic E-state index is 11.9. The van der Waals surface area contributed by atoms with Crippen LogP contribution in [0.25, 0.3) is 0 Å². The number of hydrazone groups is 1. The standard InChI is InChI=1S/C16H21N3O/c1-16(2)12-7-6-11(13(16)9-12)10-17-18-15(20)14-5-4-8-19(14)3/h4-6,8,10,12-13H,7,9H2,1-3H3,(H,18,20)/b17-10+. The van der Waals surface area contributed by atoms with Gasteiger partial charge in [0.05, 0.1) is 6.21 Å². The molecule has 0 spiro atoms. The van der Waals surface area contributed by atoms with Gasteiger partial charge in [0.2, 0.25) is 0 Å². The van der Waals surface area contributed by atoms with E-state index in [0.29, 0.717) is 17.0 Å². The highest BCUT2D eigenvalue weighted by atomic mass is 16.2. The summed E-state index contributed by atoms with van der Waals surface area (Å²) < 4.78 is 1.78. The van der Waals surface area contributed by atoms with E-state index < -0.39 is 0 Å². The lowest BCUT2D eigenvalue weighted by atomic mass is 9.49. The van der Waals surface area contributed by atoms with E-state index >= 15 is 0 Å². The van der Waals surface area contributed by atoms with Gasteiger partial charge < -0.3 is 4.57 Å². The maximum absolute atomic E-state index is 11.9. The van der Waals surface area contributed by atoms with Crippen LogP contribution in [0.1, 0.15) is 37.2 Å². The van der Waals surface area contributed by atoms with Crippen molar-refractivity contribution in [1.82, 2.24) is 9.99 Å². The number of carbonyl (C=O) groups is 1. The zero-order chi connectivity index (χ0) is 14.3. The molecule has 20 heavy (non-hydrogen) atoms. The highest BCUT2D eigenvalue weighted by Crippen LogP contribution is 2.58. The minimum atomic E-state index is -0.170. The quantitative estimate of drug-likeness (QED) is 0.667. The molecule has 1 amide bonds. The molecule has 2 unspecified atom stereocenters. The maximum Gasteiger partial charge on any atom is 0.287 e. The average Bonchev–Trinajstić information content (AvgIpc) is 2.85. The van der Waals surface area contributed by atoms with Crippen LogP contribution in [0.15, 0.2) is 35.1 Å². The first-order valence-corrected chi connectivity index (χ1v) is 7.15. The van der Waals surface area contributed by atoms with E-state index in [0.717, 1.165) is 12.3 Å². The third-order valence-electron chi connectivity index (χ3n) is 5.07. The number of nitrogens with zero attached hydrogens (tertiary/aromatic N) is 2. The minimum Gasteiger partial charge on any atom is -0.347 e. The highest BCUT2D eigenvalue weighted by molar-refractivity contribution is 5.93. The Morgan fingerprint density at radius 2 is 2.35 bits per heavy atom. The molecule has 0 radical (unpaired) electrons. The monoisotopic (exact) mass is 271 g/mol. The van der Waals surface area contributed by atoms with Crippen LogP contribution in [0.5, 0.6) is 0 Å². The summed E-state index contributed by atoms with van der Waals surface area (Å²) in [4.78, 5) is 11.9. The molecule has 1 aromatic rings. The van der Waals surface area contributed by atoms with Crippen molar-refractivity contribution in [3.05, 3.63) is 35.7 Å². The number of nitrogens with one attached hydrogen (secondary N) is 1. The van der Waals surface area contributed by atoms with Crippen LogP contribution < -0.4 is 5.43 Å². The van der Waals surface area contributed by atoms with Crippen LogP contribution in [0.3, 0.4) is 0 Å². The van der Waals surface area contributed by atoms with Crippen molar-refractivity contribution in [2.45, 2.75) is 26.7 Å². The van der Waals surface area contributed by atoms with Gasteiger partial charge in [-0.15, -0.1) is 0 Å². The molecule has 1 fully saturated rings. The minimum absolute atomic E-state index is 0.170. The number of hydrogen-bond donors (Lipinski definition) is 1. The molecule has 2 bridgehead atoms. The number of carbonyl (C=O) groups excluding carboxylic acids is 1. The van der Waals surface area contributed by atoms with Crippen molar-refractivity contribution in [3.63, 3.8) is 0 Å². The first-order valence-electron chi connectivity index (χ1n) is 7.15. The topological polar surface area (TPSA) is 46.4 Å². The van der Waals surface area contributed by atoms with E-state index in [4.69, 9.17) is 0 Å². The van der Waals surface area contributed by atoms with Gasteiger partial charge in [0.15, 0.2) is 0 Å². The number of fused-ring (bicyclic) bond motifs is 1. The van der Waals surface area contributed by atoms with Gasteiger partial charge >= 0.3 is 0 Å². The molecule has 3 aliphatic rings. The third-order valence-corrected chi connectivity index (χ3v) is 5.07. The molecule has 1 heterocycles. The van der Waals surface area contributed by atoms with Crippen LogP contribution in [-0.4, -0.2) is 16.7 Å². The second-order valence-electron chi connectivity index (χ2n) is 6.45. The molecule has 4 rings (SSSR count). The van der Waals surface area contributed by atoms with Crippen LogP contribution >= 0.6 is 0 Å². The summed E-state index contributed by atoms with van der Waals surface area (Å²) in [6.07, 6.45) is 8.33. The molecular weight excluding hydrogens is 250 g/mol. The van der Waals surface area contributed by atoms with Gasteiger partial charge in [0, 0.05) is 13.2 Å². The Morgan fingerprint density at radius 3 is 2.95 bits per heavy atom. The van der Waals surface area contributed by atoms with Crippen molar-refractivity contribution in [1.29, 1.82) is 0 Å². The predicted octanol–water partition coefficient (Wildman–Crippen LogP) is 2.73. The molecule has 1 N–H and O–H groups in total. The summed E-state index contributed by atoms with van der Waals surface area (Å²) in [7, 11) is 1.85. The molecule has 1 aromatic heterocycles. The van der Waals surface area contributed by atoms with Crippen LogP contribution in [0.4, 0.5) is 0 Å². The van der Waals surface area contributed by atoms with Crippen molar-refractivity contribution in [2.24, 2.45) is 29.4 Å². The summed E-state index contributed by atoms with van der Waals surface area (Å²) in [5.74, 6) is 1.25. The van der Waals surface area contributed by atoms with Gasteiger partial charge in [0.1, 0.15) is 5.69 Å². The van der Waals surface area contributed by atoms with E-state index in [1.54, 1.807) is 10.6 Å². The largest absolute Gasteiger partial charge is 0.347 e. The Kier molecular flexibility index (Phi) is 3.04. The number of hydrogen-bond acceptors (Lipinski definition) is 2. The zero-order valence-corrected chi connectivity index (χ0v) is 12.3. The predicted molar refractivity (Wildman–Crippen MR) is 79.4 cm³/mol. The Morgan fingerprint density at radius 1 is 1.55 bits per heavy atom. The van der Waals surface area contributed by atoms with E-state index in [1.807, 2.05) is 25.5 Å². The van der Waals surface area contributed by atoms with E-state index in [9.17, 15) is 4.79 Å². The van der Waals surface area contributed by atoms with Gasteiger partial charge in [-0.3, -0.25) is 4.79 Å². The number of rotatable bonds is 3. The van der Waals surface area contributed by atoms with Crippen LogP contribution in [0.2, 0.25) is 0 Å². The second-order valence-corrected chi connectivity index (χ2v) is 6.45. The van der Waals surface area contributed by atoms with Gasteiger partial charge in [0.25, 0.3) is 5.91 Å². The SMILES string of the molecule is Cn1cccc1C(=O)N/N=C/C1=CCC2CC1C2(C)C. The lowest BCUT2D eigenvalue weighted by Gasteiger charge is -2.55. The average molecular weight is 271 g/mol. The first-order chi connectivity index (χ1) is 9.50. The van der Waals surface area contributed by atoms with Gasteiger partial charge in [-0.05, 0) is 47.8 Å². The van der Waals surface area contributed by atoms with Crippen molar-refractivity contribution < 1.29 is 4.79 Å². The molecule has 3 aliphatic carbocycles. The number of aryl methyl sites for hydroxylation is 1. The molecule has 4 nitrogen and oxygen atoms in total. The Hall–Kier alpha value is -1.84. The fraction of sp³-hybridized carbons (Fsp3) is 0.500. The van der Waals surface area contributed by atoms with Crippen LogP contribution in [0, 0.1) is 17.3 Å². The van der Waals surface area contributed by atoms with Crippen molar-refractivity contribution in [2.75, 3.05) is 0 Å². The Labute approximate surface area is 119 Å². The summed E-state index contributed by atoms with van der Waals surface area (Å²) in [6.45, 7) is 4.66. The first kappa shape index (κ1) is 13.2. The van der Waals surface area contributed by atoms with Gasteiger partial charge in [-0.2, -0.15) is 5.10 Å². The van der Waals surface area contributed by atoms with E-state index in [-0.39, 0.29) is 5.91 Å². The lowest BCUT2D eigenvalue weighted by Crippen LogP contribution is -2.48. The molecule has 1 saturated carbocycles. The zero-order valence-electron chi connectivity index (χ0n) is 12.3. The van der Waals surface area contributed by atoms with Crippen molar-refractivity contribution in [3.8, 4) is 0 Å². The fourth-order valence-electron chi connectivity index (χ4n) is 3.46. The number of amides is 1. The van der Waals surface area contributed by atoms with Crippen LogP contribution in [-0.2, 0) is 7.05 Å². The molecule has 2 atom stereocenters. The van der Waals surface area contributed by atoms with Gasteiger partial charge in [-0.1, -0.05) is 19.9 Å². The Bertz CT molecular complexity index is 595. The number of allylic oxidation sites excluding steroid dienone is 2.